The van der Waals surface area contributed by atoms with Gasteiger partial charge in [0.25, 0.3) is 0 Å². The maximum Gasteiger partial charge on any atom is 0.509 e. The SMILES string of the molecule is C=CCOC(=O)OC1C(COC2OC(COC)[C@@H](OP(=O)(OCC=C)OCC=C)C(OCCC(CCCCCCC)OC)[C@H]2NC(=O)CCCCCCCCC/C=C\CCCCCC)O[C@H](O/C=C\C)[C@H](NC(=O)CC(=O)CCCCCCCCCCC)C1OCCCCCCCCCC. The van der Waals surface area contributed by atoms with Crippen LogP contribution in [0.3, 0.4) is 0 Å². The molecule has 100 heavy (non-hydrogen) atoms. The highest BCUT2D eigenvalue weighted by Crippen LogP contribution is 2.52. The Labute approximate surface area is 606 Å². The van der Waals surface area contributed by atoms with Gasteiger partial charge in [0.1, 0.15) is 55.0 Å². The fourth-order valence-corrected chi connectivity index (χ4v) is 13.8. The molecule has 2 aliphatic heterocycles. The second-order valence-electron chi connectivity index (χ2n) is 26.9. The van der Waals surface area contributed by atoms with Crippen LogP contribution in [-0.4, -0.2) is 152 Å². The first-order valence-electron chi connectivity index (χ1n) is 39.3. The van der Waals surface area contributed by atoms with Gasteiger partial charge in [-0.25, -0.2) is 9.36 Å². The van der Waals surface area contributed by atoms with Crippen LogP contribution in [0.15, 0.2) is 62.5 Å². The number of ether oxygens (including phenoxy) is 10. The van der Waals surface area contributed by atoms with Crippen LogP contribution in [0.4, 0.5) is 4.79 Å². The van der Waals surface area contributed by atoms with E-state index in [-0.39, 0.29) is 70.3 Å². The number of nitrogens with one attached hydrogen (secondary N) is 2. The van der Waals surface area contributed by atoms with Crippen molar-refractivity contribution < 1.29 is 84.7 Å². The van der Waals surface area contributed by atoms with Crippen LogP contribution >= 0.6 is 7.82 Å². The van der Waals surface area contributed by atoms with Crippen LogP contribution in [0, 0.1) is 0 Å². The van der Waals surface area contributed by atoms with Crippen LogP contribution < -0.4 is 10.6 Å². The van der Waals surface area contributed by atoms with E-state index in [0.29, 0.717) is 25.7 Å². The van der Waals surface area contributed by atoms with Crippen LogP contribution in [-0.2, 0) is 79.9 Å². The lowest BCUT2D eigenvalue weighted by Gasteiger charge is -2.48. The van der Waals surface area contributed by atoms with Gasteiger partial charge in [0, 0.05) is 40.3 Å². The third-order valence-corrected chi connectivity index (χ3v) is 19.6. The molecular weight excluding hydrogens is 1300 g/mol. The Bertz CT molecular complexity index is 2170. The summed E-state index contributed by atoms with van der Waals surface area (Å²) in [4.78, 5) is 56.2. The molecule has 11 atom stereocenters. The van der Waals surface area contributed by atoms with Crippen LogP contribution in [0.1, 0.15) is 291 Å². The van der Waals surface area contributed by atoms with Gasteiger partial charge in [-0.15, -0.1) is 13.2 Å². The Morgan fingerprint density at radius 2 is 0.970 bits per heavy atom. The van der Waals surface area contributed by atoms with Gasteiger partial charge in [-0.05, 0) is 64.7 Å². The fourth-order valence-electron chi connectivity index (χ4n) is 12.5. The Balaban J connectivity index is 2.74. The summed E-state index contributed by atoms with van der Waals surface area (Å²) in [5.41, 5.74) is 0. The molecule has 2 saturated heterocycles. The van der Waals surface area contributed by atoms with Gasteiger partial charge in [-0.1, -0.05) is 251 Å². The van der Waals surface area contributed by atoms with E-state index in [1.807, 2.05) is 0 Å². The van der Waals surface area contributed by atoms with Crippen LogP contribution in [0.5, 0.6) is 0 Å². The highest BCUT2D eigenvalue weighted by Gasteiger charge is 2.54. The molecule has 2 amide bonds. The molecule has 0 spiro atoms. The van der Waals surface area contributed by atoms with Gasteiger partial charge in [0.05, 0.1) is 45.2 Å². The normalized spacial score (nSPS) is 21.3. The van der Waals surface area contributed by atoms with Gasteiger partial charge in [-0.3, -0.25) is 28.0 Å². The highest BCUT2D eigenvalue weighted by atomic mass is 31.2. The van der Waals surface area contributed by atoms with Gasteiger partial charge in [-0.2, -0.15) is 0 Å². The first kappa shape index (κ1) is 92.3. The van der Waals surface area contributed by atoms with E-state index in [1.54, 1.807) is 20.1 Å². The van der Waals surface area contributed by atoms with Crippen molar-refractivity contribution in [2.45, 2.75) is 359 Å². The molecular formula is C79H141N2O18P. The number of carbonyl (C=O) groups excluding carboxylic acids is 4. The summed E-state index contributed by atoms with van der Waals surface area (Å²) < 4.78 is 96.9. The van der Waals surface area contributed by atoms with Crippen molar-refractivity contribution in [3.8, 4) is 0 Å². The molecule has 580 valence electrons. The van der Waals surface area contributed by atoms with Crippen molar-refractivity contribution in [2.75, 3.05) is 60.5 Å². The topological polar surface area (TPSA) is 229 Å². The number of amides is 2. The molecule has 21 heteroatoms. The lowest BCUT2D eigenvalue weighted by molar-refractivity contribution is -0.303. The first-order valence-corrected chi connectivity index (χ1v) is 40.7. The number of hydrogen-bond acceptors (Lipinski definition) is 18. The number of rotatable bonds is 68. The average Bonchev–Trinajstić information content (AvgIpc) is 0.784. The number of methoxy groups -OCH3 is 2. The molecule has 2 fully saturated rings. The molecule has 0 aromatic carbocycles. The Hall–Kier alpha value is -3.79. The second-order valence-corrected chi connectivity index (χ2v) is 28.5. The molecule has 0 radical (unpaired) electrons. The average molecular weight is 1440 g/mol. The molecule has 7 unspecified atom stereocenters. The van der Waals surface area contributed by atoms with Crippen molar-refractivity contribution in [1.82, 2.24) is 10.6 Å². The van der Waals surface area contributed by atoms with E-state index in [1.165, 1.54) is 102 Å². The standard InChI is InChI=1S/C79H141N2O18P/c1-11-19-23-27-30-33-34-35-36-37-38-40-42-46-50-54-69(83)80-72-76(90-61-55-66(88-10)53-49-44-26-22-14-4)74(99-100(86,94-58-17-7)95-59-18-8)67(63-87-9)96-78(72)93-64-68-73(98-79(85)92-57-16-6)75(89-60-51-47-43-32-29-25-21-13-3)71(77(97-68)91-56-15-5)81-70(84)62-65(82)52-48-45-41-39-31-28-24-20-12-2/h15-18,33-34,56,66-68,71-78H,6-8,11-14,19-32,35-55,57-64H2,1-5,9-10H3,(H,80,83)(H,81,84)/b34-33-,56-15-/t66?,67?,68?,71-,72-,73?,74-,75?,76?,77+,78?/m1/s1. The predicted octanol–water partition coefficient (Wildman–Crippen LogP) is 18.8. The number of unbranched alkanes of at least 4 members (excludes halogenated alkanes) is 30. The van der Waals surface area contributed by atoms with Crippen molar-refractivity contribution >= 4 is 31.6 Å². The van der Waals surface area contributed by atoms with E-state index in [4.69, 9.17) is 60.9 Å². The molecule has 0 aromatic heterocycles. The number of hydrogen-bond donors (Lipinski definition) is 2. The molecule has 0 aliphatic carbocycles. The monoisotopic (exact) mass is 1440 g/mol. The zero-order chi connectivity index (χ0) is 73.0. The third kappa shape index (κ3) is 43.5. The molecule has 20 nitrogen and oxygen atoms in total. The summed E-state index contributed by atoms with van der Waals surface area (Å²) in [7, 11) is -1.33. The molecule has 0 aromatic rings. The quantitative estimate of drug-likeness (QED) is 0.0144. The van der Waals surface area contributed by atoms with Gasteiger partial charge in [0.2, 0.25) is 18.1 Å². The van der Waals surface area contributed by atoms with E-state index in [9.17, 15) is 23.7 Å². The Morgan fingerprint density at radius 1 is 0.500 bits per heavy atom. The number of allylic oxidation sites excluding steroid dienone is 3. The first-order chi connectivity index (χ1) is 48.8. The summed E-state index contributed by atoms with van der Waals surface area (Å²) in [5, 5.41) is 6.22. The molecule has 2 rings (SSSR count). The molecule has 2 heterocycles. The second kappa shape index (κ2) is 62.6. The summed E-state index contributed by atoms with van der Waals surface area (Å²) in [6.45, 7) is 21.0. The minimum Gasteiger partial charge on any atom is -0.471 e. The van der Waals surface area contributed by atoms with Crippen molar-refractivity contribution in [2.24, 2.45) is 0 Å². The van der Waals surface area contributed by atoms with Gasteiger partial charge in [0.15, 0.2) is 12.4 Å². The van der Waals surface area contributed by atoms with E-state index in [0.717, 1.165) is 141 Å². The Morgan fingerprint density at radius 3 is 1.52 bits per heavy atom. The molecule has 0 bridgehead atoms. The highest BCUT2D eigenvalue weighted by molar-refractivity contribution is 7.48. The molecule has 0 saturated carbocycles. The Kier molecular flexibility index (Phi) is 57.8. The maximum absolute atomic E-state index is 14.8. The minimum absolute atomic E-state index is 0.103. The number of carbonyl (C=O) groups is 4. The van der Waals surface area contributed by atoms with E-state index < -0.39 is 94.2 Å². The van der Waals surface area contributed by atoms with E-state index >= 15 is 0 Å². The van der Waals surface area contributed by atoms with Crippen molar-refractivity contribution in [3.05, 3.63) is 62.5 Å². The molecule has 2 N–H and O–H groups in total. The molecule has 2 aliphatic rings. The zero-order valence-corrected chi connectivity index (χ0v) is 64.4. The van der Waals surface area contributed by atoms with Gasteiger partial charge >= 0.3 is 14.0 Å². The minimum atomic E-state index is -4.49. The summed E-state index contributed by atoms with van der Waals surface area (Å²) in [6.07, 6.45) is 39.6. The van der Waals surface area contributed by atoms with Crippen molar-refractivity contribution in [1.29, 1.82) is 0 Å². The van der Waals surface area contributed by atoms with Crippen molar-refractivity contribution in [3.63, 3.8) is 0 Å². The summed E-state index contributed by atoms with van der Waals surface area (Å²) >= 11 is 0. The number of phosphoric acid groups is 1. The third-order valence-electron chi connectivity index (χ3n) is 18.2. The number of ketones is 1. The summed E-state index contributed by atoms with van der Waals surface area (Å²) in [5.74, 6) is -1.10. The zero-order valence-electron chi connectivity index (χ0n) is 63.5. The summed E-state index contributed by atoms with van der Waals surface area (Å²) in [6, 6.07) is -2.33. The lowest BCUT2D eigenvalue weighted by Crippen LogP contribution is -2.68. The van der Waals surface area contributed by atoms with E-state index in [2.05, 4.69) is 70.2 Å². The fraction of sp³-hybridized carbons (Fsp3) is 0.823. The van der Waals surface area contributed by atoms with Crippen LogP contribution in [0.2, 0.25) is 0 Å². The maximum atomic E-state index is 14.8. The predicted molar refractivity (Wildman–Crippen MR) is 398 cm³/mol. The van der Waals surface area contributed by atoms with Gasteiger partial charge < -0.3 is 58.0 Å². The number of phosphoric ester groups is 1. The smallest absolute Gasteiger partial charge is 0.471 e. The largest absolute Gasteiger partial charge is 0.509 e. The lowest BCUT2D eigenvalue weighted by atomic mass is 9.95. The van der Waals surface area contributed by atoms with Crippen LogP contribution in [0.25, 0.3) is 0 Å². The number of Topliss-reactive ketones (excluding diaryl/α,β-unsaturated/α-hetero) is 1.